The lowest BCUT2D eigenvalue weighted by molar-refractivity contribution is -0.118. The van der Waals surface area contributed by atoms with Crippen LogP contribution in [-0.4, -0.2) is 24.7 Å². The summed E-state index contributed by atoms with van der Waals surface area (Å²) in [6, 6.07) is 8.39. The quantitative estimate of drug-likeness (QED) is 0.726. The van der Waals surface area contributed by atoms with Crippen molar-refractivity contribution < 1.29 is 4.79 Å². The Labute approximate surface area is 126 Å². The maximum Gasteiger partial charge on any atom is 0.230 e. The third kappa shape index (κ3) is 8.92. The average molecular weight is 303 g/mol. The number of hydrogen-bond donors (Lipinski definition) is 2. The summed E-state index contributed by atoms with van der Waals surface area (Å²) < 4.78 is 0. The van der Waals surface area contributed by atoms with Gasteiger partial charge in [0.25, 0.3) is 0 Å². The number of rotatable bonds is 8. The maximum atomic E-state index is 11.5. The summed E-state index contributed by atoms with van der Waals surface area (Å²) in [5, 5.41) is 2.90. The second kappa shape index (κ2) is 11.1. The minimum atomic E-state index is 0. The van der Waals surface area contributed by atoms with Crippen molar-refractivity contribution >= 4 is 30.1 Å². The fraction of sp³-hybridized carbons (Fsp3) is 0.500. The van der Waals surface area contributed by atoms with Crippen LogP contribution in [0.15, 0.2) is 24.3 Å². The van der Waals surface area contributed by atoms with Crippen LogP contribution in [0, 0.1) is 6.92 Å². The molecule has 0 aromatic heterocycles. The number of halogens is 1. The van der Waals surface area contributed by atoms with Gasteiger partial charge in [-0.3, -0.25) is 4.79 Å². The van der Waals surface area contributed by atoms with E-state index in [1.807, 2.05) is 0 Å². The third-order valence-electron chi connectivity index (χ3n) is 2.54. The molecule has 0 unspecified atom stereocenters. The van der Waals surface area contributed by atoms with E-state index in [9.17, 15) is 4.79 Å². The van der Waals surface area contributed by atoms with E-state index in [4.69, 9.17) is 5.73 Å². The number of carbonyl (C=O) groups excluding carboxylic acids is 1. The first-order valence-electron chi connectivity index (χ1n) is 6.32. The Kier molecular flexibility index (Phi) is 10.7. The molecule has 108 valence electrons. The molecule has 1 rings (SSSR count). The zero-order valence-corrected chi connectivity index (χ0v) is 13.0. The van der Waals surface area contributed by atoms with Gasteiger partial charge in [-0.15, -0.1) is 24.2 Å². The van der Waals surface area contributed by atoms with Crippen molar-refractivity contribution in [1.29, 1.82) is 0 Å². The predicted molar refractivity (Wildman–Crippen MR) is 85.9 cm³/mol. The van der Waals surface area contributed by atoms with Crippen molar-refractivity contribution in [3.8, 4) is 0 Å². The van der Waals surface area contributed by atoms with Gasteiger partial charge in [0.05, 0.1) is 5.75 Å². The number of carbonyl (C=O) groups is 1. The highest BCUT2D eigenvalue weighted by Crippen LogP contribution is 2.13. The Morgan fingerprint density at radius 2 is 2.16 bits per heavy atom. The summed E-state index contributed by atoms with van der Waals surface area (Å²) in [5.74, 6) is 1.53. The second-order valence-electron chi connectivity index (χ2n) is 4.33. The topological polar surface area (TPSA) is 55.1 Å². The largest absolute Gasteiger partial charge is 0.355 e. The molecule has 0 atom stereocenters. The van der Waals surface area contributed by atoms with Gasteiger partial charge in [-0.1, -0.05) is 29.8 Å². The van der Waals surface area contributed by atoms with Gasteiger partial charge in [0, 0.05) is 12.3 Å². The lowest BCUT2D eigenvalue weighted by atomic mass is 10.2. The van der Waals surface area contributed by atoms with Crippen LogP contribution in [0.3, 0.4) is 0 Å². The normalized spacial score (nSPS) is 9.79. The zero-order valence-electron chi connectivity index (χ0n) is 11.4. The Hall–Kier alpha value is -0.710. The summed E-state index contributed by atoms with van der Waals surface area (Å²) in [7, 11) is 0. The summed E-state index contributed by atoms with van der Waals surface area (Å²) in [4.78, 5) is 11.5. The summed E-state index contributed by atoms with van der Waals surface area (Å²) >= 11 is 1.65. The molecule has 5 heteroatoms. The van der Waals surface area contributed by atoms with E-state index in [0.29, 0.717) is 12.3 Å². The molecule has 0 spiro atoms. The van der Waals surface area contributed by atoms with Crippen LogP contribution in [0.2, 0.25) is 0 Å². The Bertz CT molecular complexity index is 374. The molecule has 1 aromatic rings. The first kappa shape index (κ1) is 18.3. The molecule has 1 amide bonds. The third-order valence-corrected chi connectivity index (χ3v) is 3.54. The van der Waals surface area contributed by atoms with Crippen molar-refractivity contribution in [2.24, 2.45) is 5.73 Å². The number of nitrogens with one attached hydrogen (secondary N) is 1. The molecular formula is C14H23ClN2OS. The van der Waals surface area contributed by atoms with Gasteiger partial charge in [-0.05, 0) is 31.9 Å². The van der Waals surface area contributed by atoms with Gasteiger partial charge in [0.2, 0.25) is 5.91 Å². The van der Waals surface area contributed by atoms with Crippen LogP contribution >= 0.6 is 24.2 Å². The molecule has 0 saturated carbocycles. The summed E-state index contributed by atoms with van der Waals surface area (Å²) in [6.07, 6.45) is 1.93. The molecular weight excluding hydrogens is 280 g/mol. The Morgan fingerprint density at radius 1 is 1.37 bits per heavy atom. The van der Waals surface area contributed by atoms with E-state index in [1.165, 1.54) is 11.1 Å². The number of nitrogens with two attached hydrogens (primary N) is 1. The Balaban J connectivity index is 0.00000324. The van der Waals surface area contributed by atoms with Crippen molar-refractivity contribution in [2.45, 2.75) is 25.5 Å². The molecule has 19 heavy (non-hydrogen) atoms. The Morgan fingerprint density at radius 3 is 2.84 bits per heavy atom. The van der Waals surface area contributed by atoms with Crippen LogP contribution in [-0.2, 0) is 10.5 Å². The van der Waals surface area contributed by atoms with E-state index >= 15 is 0 Å². The number of benzene rings is 1. The summed E-state index contributed by atoms with van der Waals surface area (Å²) in [6.45, 7) is 3.51. The van der Waals surface area contributed by atoms with Gasteiger partial charge in [0.15, 0.2) is 0 Å². The molecule has 0 aliphatic carbocycles. The van der Waals surface area contributed by atoms with E-state index in [-0.39, 0.29) is 18.3 Å². The van der Waals surface area contributed by atoms with Gasteiger partial charge in [-0.2, -0.15) is 0 Å². The van der Waals surface area contributed by atoms with Gasteiger partial charge < -0.3 is 11.1 Å². The molecule has 0 aliphatic heterocycles. The zero-order chi connectivity index (χ0) is 13.2. The minimum Gasteiger partial charge on any atom is -0.355 e. The molecule has 0 fully saturated rings. The second-order valence-corrected chi connectivity index (χ2v) is 5.31. The van der Waals surface area contributed by atoms with Crippen molar-refractivity contribution in [3.63, 3.8) is 0 Å². The van der Waals surface area contributed by atoms with E-state index in [2.05, 4.69) is 36.5 Å². The average Bonchev–Trinajstić information content (AvgIpc) is 2.35. The van der Waals surface area contributed by atoms with Crippen LogP contribution in [0.25, 0.3) is 0 Å². The molecule has 3 N–H and O–H groups in total. The number of aryl methyl sites for hydroxylation is 1. The van der Waals surface area contributed by atoms with Crippen molar-refractivity contribution in [1.82, 2.24) is 5.32 Å². The van der Waals surface area contributed by atoms with E-state index in [0.717, 1.165) is 25.1 Å². The molecule has 0 saturated heterocycles. The van der Waals surface area contributed by atoms with Gasteiger partial charge in [0.1, 0.15) is 0 Å². The predicted octanol–water partition coefficient (Wildman–Crippen LogP) is 2.51. The molecule has 0 aliphatic rings. The monoisotopic (exact) mass is 302 g/mol. The molecule has 0 bridgehead atoms. The summed E-state index contributed by atoms with van der Waals surface area (Å²) in [5.41, 5.74) is 7.92. The fourth-order valence-electron chi connectivity index (χ4n) is 1.61. The highest BCUT2D eigenvalue weighted by Gasteiger charge is 2.01. The SMILES string of the molecule is Cc1cccc(CSCC(=O)NCCCCN)c1.Cl. The lowest BCUT2D eigenvalue weighted by Gasteiger charge is -2.05. The number of unbranched alkanes of at least 4 members (excludes halogenated alkanes) is 1. The maximum absolute atomic E-state index is 11.5. The first-order valence-corrected chi connectivity index (χ1v) is 7.48. The highest BCUT2D eigenvalue weighted by molar-refractivity contribution is 7.99. The van der Waals surface area contributed by atoms with E-state index < -0.39 is 0 Å². The van der Waals surface area contributed by atoms with Gasteiger partial charge in [-0.25, -0.2) is 0 Å². The minimum absolute atomic E-state index is 0. The van der Waals surface area contributed by atoms with E-state index in [1.54, 1.807) is 11.8 Å². The molecule has 0 radical (unpaired) electrons. The van der Waals surface area contributed by atoms with Crippen LogP contribution in [0.1, 0.15) is 24.0 Å². The van der Waals surface area contributed by atoms with Crippen LogP contribution in [0.4, 0.5) is 0 Å². The number of amides is 1. The molecule has 3 nitrogen and oxygen atoms in total. The van der Waals surface area contributed by atoms with Crippen molar-refractivity contribution in [3.05, 3.63) is 35.4 Å². The highest BCUT2D eigenvalue weighted by atomic mass is 35.5. The van der Waals surface area contributed by atoms with Crippen LogP contribution < -0.4 is 11.1 Å². The standard InChI is InChI=1S/C14H22N2OS.ClH/c1-12-5-4-6-13(9-12)10-18-11-14(17)16-8-3-2-7-15;/h4-6,9H,2-3,7-8,10-11,15H2,1H3,(H,16,17);1H. The fourth-order valence-corrected chi connectivity index (χ4v) is 2.42. The number of hydrogen-bond acceptors (Lipinski definition) is 3. The first-order chi connectivity index (χ1) is 8.72. The van der Waals surface area contributed by atoms with Gasteiger partial charge >= 0.3 is 0 Å². The lowest BCUT2D eigenvalue weighted by Crippen LogP contribution is -2.26. The van der Waals surface area contributed by atoms with Crippen molar-refractivity contribution in [2.75, 3.05) is 18.8 Å². The molecule has 0 heterocycles. The van der Waals surface area contributed by atoms with Crippen LogP contribution in [0.5, 0.6) is 0 Å². The smallest absolute Gasteiger partial charge is 0.230 e. The number of thioether (sulfide) groups is 1. The molecule has 1 aromatic carbocycles.